The molecule has 0 bridgehead atoms. The highest BCUT2D eigenvalue weighted by Gasteiger charge is 2.33. The fourth-order valence-electron chi connectivity index (χ4n) is 2.94. The maximum atomic E-state index is 13.3. The van der Waals surface area contributed by atoms with Crippen LogP contribution in [0.25, 0.3) is 0 Å². The van der Waals surface area contributed by atoms with Crippen LogP contribution in [-0.2, 0) is 10.0 Å². The number of benzene rings is 2. The summed E-state index contributed by atoms with van der Waals surface area (Å²) in [5.41, 5.74) is -0.116. The quantitative estimate of drug-likeness (QED) is 0.543. The number of nitro groups is 1. The lowest BCUT2D eigenvalue weighted by Gasteiger charge is -2.35. The van der Waals surface area contributed by atoms with E-state index in [1.807, 2.05) is 0 Å². The lowest BCUT2D eigenvalue weighted by molar-refractivity contribution is -0.384. The first-order valence-corrected chi connectivity index (χ1v) is 10.0. The van der Waals surface area contributed by atoms with Crippen molar-refractivity contribution in [1.29, 1.82) is 0 Å². The minimum atomic E-state index is -3.91. The molecule has 0 amide bonds. The van der Waals surface area contributed by atoms with Crippen LogP contribution in [0.4, 0.5) is 15.8 Å². The zero-order valence-electron chi connectivity index (χ0n) is 13.8. The van der Waals surface area contributed by atoms with Crippen molar-refractivity contribution in [3.63, 3.8) is 0 Å². The average Bonchev–Trinajstić information content (AvgIpc) is 2.61. The van der Waals surface area contributed by atoms with Crippen molar-refractivity contribution in [3.8, 4) is 0 Å². The molecule has 3 rings (SSSR count). The number of anilines is 1. The molecule has 144 valence electrons. The predicted octanol–water partition coefficient (Wildman–Crippen LogP) is 3.55. The van der Waals surface area contributed by atoms with Crippen LogP contribution in [0.1, 0.15) is 0 Å². The van der Waals surface area contributed by atoms with Crippen molar-refractivity contribution < 1.29 is 17.7 Å². The van der Waals surface area contributed by atoms with Gasteiger partial charge in [-0.05, 0) is 24.3 Å². The van der Waals surface area contributed by atoms with Gasteiger partial charge in [-0.1, -0.05) is 29.3 Å². The summed E-state index contributed by atoms with van der Waals surface area (Å²) in [6.07, 6.45) is 0. The Morgan fingerprint density at radius 1 is 1.04 bits per heavy atom. The van der Waals surface area contributed by atoms with E-state index in [0.29, 0.717) is 0 Å². The molecule has 27 heavy (non-hydrogen) atoms. The second kappa shape index (κ2) is 7.59. The Balaban J connectivity index is 1.83. The largest absolute Gasteiger partial charge is 0.363 e. The first kappa shape index (κ1) is 19.8. The molecule has 1 heterocycles. The van der Waals surface area contributed by atoms with E-state index in [1.54, 1.807) is 11.0 Å². The number of sulfonamides is 1. The maximum absolute atomic E-state index is 13.3. The van der Waals surface area contributed by atoms with E-state index >= 15 is 0 Å². The van der Waals surface area contributed by atoms with Crippen LogP contribution < -0.4 is 4.90 Å². The van der Waals surface area contributed by atoms with Gasteiger partial charge in [0.05, 0.1) is 21.0 Å². The first-order valence-electron chi connectivity index (χ1n) is 7.85. The van der Waals surface area contributed by atoms with Crippen molar-refractivity contribution in [2.45, 2.75) is 4.90 Å². The van der Waals surface area contributed by atoms with Gasteiger partial charge in [0.25, 0.3) is 5.69 Å². The third-order valence-electron chi connectivity index (χ3n) is 4.23. The van der Waals surface area contributed by atoms with Crippen molar-refractivity contribution in [3.05, 3.63) is 62.4 Å². The van der Waals surface area contributed by atoms with Gasteiger partial charge < -0.3 is 4.90 Å². The maximum Gasteiger partial charge on any atom is 0.295 e. The second-order valence-corrected chi connectivity index (χ2v) is 8.52. The van der Waals surface area contributed by atoms with Gasteiger partial charge in [0.1, 0.15) is 16.4 Å². The Labute approximate surface area is 165 Å². The normalized spacial score (nSPS) is 15.7. The van der Waals surface area contributed by atoms with E-state index in [0.717, 1.165) is 12.1 Å². The third-order valence-corrected chi connectivity index (χ3v) is 7.09. The smallest absolute Gasteiger partial charge is 0.295 e. The highest BCUT2D eigenvalue weighted by atomic mass is 35.5. The molecule has 1 aliphatic rings. The zero-order chi connectivity index (χ0) is 19.8. The van der Waals surface area contributed by atoms with Gasteiger partial charge >= 0.3 is 0 Å². The molecule has 2 aromatic carbocycles. The highest BCUT2D eigenvalue weighted by Crippen LogP contribution is 2.33. The molecule has 0 unspecified atom stereocenters. The Morgan fingerprint density at radius 2 is 1.63 bits per heavy atom. The molecule has 0 atom stereocenters. The van der Waals surface area contributed by atoms with Gasteiger partial charge in [-0.2, -0.15) is 4.31 Å². The minimum absolute atomic E-state index is 0.0269. The molecule has 1 saturated heterocycles. The number of nitro benzene ring substituents is 1. The molecule has 1 fully saturated rings. The van der Waals surface area contributed by atoms with Gasteiger partial charge in [0.2, 0.25) is 10.0 Å². The first-order chi connectivity index (χ1) is 12.7. The number of halogens is 3. The summed E-state index contributed by atoms with van der Waals surface area (Å²) in [5, 5.41) is 11.2. The van der Waals surface area contributed by atoms with Gasteiger partial charge in [0.15, 0.2) is 0 Å². The Morgan fingerprint density at radius 3 is 2.19 bits per heavy atom. The van der Waals surface area contributed by atoms with Gasteiger partial charge in [-0.25, -0.2) is 12.8 Å². The molecule has 2 aromatic rings. The van der Waals surface area contributed by atoms with Crippen LogP contribution in [0.2, 0.25) is 10.0 Å². The van der Waals surface area contributed by atoms with E-state index in [2.05, 4.69) is 0 Å². The van der Waals surface area contributed by atoms with Crippen molar-refractivity contribution in [2.24, 2.45) is 0 Å². The minimum Gasteiger partial charge on any atom is -0.363 e. The zero-order valence-corrected chi connectivity index (χ0v) is 16.1. The van der Waals surface area contributed by atoms with Crippen LogP contribution in [0, 0.1) is 15.9 Å². The third kappa shape index (κ3) is 3.86. The van der Waals surface area contributed by atoms with Gasteiger partial charge in [-0.15, -0.1) is 0 Å². The predicted molar refractivity (Wildman–Crippen MR) is 100 cm³/mol. The number of nitrogens with zero attached hydrogens (tertiary/aromatic N) is 3. The van der Waals surface area contributed by atoms with E-state index < -0.39 is 20.8 Å². The topological polar surface area (TPSA) is 83.8 Å². The summed E-state index contributed by atoms with van der Waals surface area (Å²) in [6, 6.07) is 7.74. The molecule has 0 saturated carbocycles. The molecular formula is C16H14Cl2FN3O4S. The molecule has 0 spiro atoms. The molecule has 0 aromatic heterocycles. The van der Waals surface area contributed by atoms with Crippen molar-refractivity contribution >= 4 is 44.6 Å². The SMILES string of the molecule is O=[N+]([O-])c1cc(F)ccc1N1CCN(S(=O)(=O)c2c(Cl)cccc2Cl)CC1. The van der Waals surface area contributed by atoms with E-state index in [4.69, 9.17) is 23.2 Å². The number of hydrogen-bond acceptors (Lipinski definition) is 5. The Bertz CT molecular complexity index is 975. The van der Waals surface area contributed by atoms with E-state index in [9.17, 15) is 22.9 Å². The summed E-state index contributed by atoms with van der Waals surface area (Å²) < 4.78 is 40.3. The summed E-state index contributed by atoms with van der Waals surface area (Å²) in [7, 11) is -3.91. The Hall–Kier alpha value is -1.94. The summed E-state index contributed by atoms with van der Waals surface area (Å²) in [6.45, 7) is 0.568. The summed E-state index contributed by atoms with van der Waals surface area (Å²) >= 11 is 12.0. The van der Waals surface area contributed by atoms with Crippen LogP contribution in [0.15, 0.2) is 41.3 Å². The van der Waals surface area contributed by atoms with Crippen molar-refractivity contribution in [2.75, 3.05) is 31.1 Å². The van der Waals surface area contributed by atoms with Gasteiger partial charge in [-0.3, -0.25) is 10.1 Å². The number of rotatable bonds is 4. The monoisotopic (exact) mass is 433 g/mol. The molecule has 0 radical (unpaired) electrons. The lowest BCUT2D eigenvalue weighted by Crippen LogP contribution is -2.48. The van der Waals surface area contributed by atoms with Gasteiger partial charge in [0, 0.05) is 26.2 Å². The molecule has 11 heteroatoms. The van der Waals surface area contributed by atoms with Crippen molar-refractivity contribution in [1.82, 2.24) is 4.31 Å². The van der Waals surface area contributed by atoms with Crippen LogP contribution >= 0.6 is 23.2 Å². The Kier molecular flexibility index (Phi) is 5.57. The van der Waals surface area contributed by atoms with E-state index in [-0.39, 0.29) is 52.5 Å². The lowest BCUT2D eigenvalue weighted by atomic mass is 10.2. The molecule has 0 N–H and O–H groups in total. The summed E-state index contributed by atoms with van der Waals surface area (Å²) in [5.74, 6) is -0.708. The molecule has 1 aliphatic heterocycles. The van der Waals surface area contributed by atoms with E-state index in [1.165, 1.54) is 22.5 Å². The average molecular weight is 434 g/mol. The van der Waals surface area contributed by atoms with Crippen LogP contribution in [-0.4, -0.2) is 43.8 Å². The number of piperazine rings is 1. The number of hydrogen-bond donors (Lipinski definition) is 0. The molecule has 7 nitrogen and oxygen atoms in total. The molecule has 0 aliphatic carbocycles. The van der Waals surface area contributed by atoms with Crippen LogP contribution in [0.5, 0.6) is 0 Å². The standard InChI is InChI=1S/C16H14Cl2FN3O4S/c17-12-2-1-3-13(18)16(12)27(25,26)21-8-6-20(7-9-21)14-5-4-11(19)10-15(14)22(23)24/h1-5,10H,6-9H2. The fourth-order valence-corrected chi connectivity index (χ4v) is 5.45. The highest BCUT2D eigenvalue weighted by molar-refractivity contribution is 7.89. The fraction of sp³-hybridized carbons (Fsp3) is 0.250. The van der Waals surface area contributed by atoms with Crippen LogP contribution in [0.3, 0.4) is 0 Å². The molecular weight excluding hydrogens is 420 g/mol. The summed E-state index contributed by atoms with van der Waals surface area (Å²) in [4.78, 5) is 12.0. The second-order valence-electron chi connectivity index (χ2n) is 5.83.